The largest absolute Gasteiger partial charge is 0.494 e. The van der Waals surface area contributed by atoms with Gasteiger partial charge in [-0.2, -0.15) is 0 Å². The maximum absolute atomic E-state index is 12.8. The van der Waals surface area contributed by atoms with E-state index in [2.05, 4.69) is 15.6 Å². The van der Waals surface area contributed by atoms with E-state index in [9.17, 15) is 9.18 Å². The number of carbonyl (C=O) groups excluding carboxylic acids is 1. The van der Waals surface area contributed by atoms with Gasteiger partial charge in [0.1, 0.15) is 11.6 Å². The third-order valence-corrected chi connectivity index (χ3v) is 3.75. The van der Waals surface area contributed by atoms with Crippen LogP contribution in [0.1, 0.15) is 33.6 Å². The summed E-state index contributed by atoms with van der Waals surface area (Å²) in [4.78, 5) is 18.3. The van der Waals surface area contributed by atoms with Gasteiger partial charge in [-0.05, 0) is 45.0 Å². The molecule has 0 bridgehead atoms. The lowest BCUT2D eigenvalue weighted by Gasteiger charge is -2.19. The van der Waals surface area contributed by atoms with Crippen LogP contribution in [0, 0.1) is 5.82 Å². The lowest BCUT2D eigenvalue weighted by molar-refractivity contribution is -0.130. The van der Waals surface area contributed by atoms with Crippen molar-refractivity contribution in [3.63, 3.8) is 0 Å². The Morgan fingerprint density at radius 2 is 1.85 bits per heavy atom. The number of carbonyl (C=O) groups is 1. The molecule has 0 unspecified atom stereocenters. The van der Waals surface area contributed by atoms with Crippen molar-refractivity contribution in [1.29, 1.82) is 0 Å². The predicted octanol–water partition coefficient (Wildman–Crippen LogP) is 2.41. The first-order valence-corrected chi connectivity index (χ1v) is 9.29. The molecule has 0 heterocycles. The summed E-state index contributed by atoms with van der Waals surface area (Å²) < 4.78 is 18.4. The van der Waals surface area contributed by atoms with Crippen molar-refractivity contribution >= 4 is 11.9 Å². The smallest absolute Gasteiger partial charge is 0.224 e. The van der Waals surface area contributed by atoms with E-state index in [1.165, 1.54) is 12.1 Å². The highest BCUT2D eigenvalue weighted by atomic mass is 19.1. The molecule has 0 aromatic heterocycles. The first-order valence-electron chi connectivity index (χ1n) is 9.29. The molecule has 0 aliphatic rings. The number of aliphatic imine (C=N–C) groups is 1. The van der Waals surface area contributed by atoms with Gasteiger partial charge in [-0.25, -0.2) is 4.39 Å². The van der Waals surface area contributed by atoms with Gasteiger partial charge >= 0.3 is 0 Å². The summed E-state index contributed by atoms with van der Waals surface area (Å²) in [6, 6.07) is 5.97. The van der Waals surface area contributed by atoms with Crippen LogP contribution in [0.4, 0.5) is 4.39 Å². The Labute approximate surface area is 155 Å². The van der Waals surface area contributed by atoms with Gasteiger partial charge in [-0.15, -0.1) is 0 Å². The highest BCUT2D eigenvalue weighted by Crippen LogP contribution is 2.11. The van der Waals surface area contributed by atoms with Crippen LogP contribution in [0.3, 0.4) is 0 Å². The van der Waals surface area contributed by atoms with E-state index in [-0.39, 0.29) is 11.7 Å². The van der Waals surface area contributed by atoms with Crippen LogP contribution >= 0.6 is 0 Å². The maximum Gasteiger partial charge on any atom is 0.224 e. The van der Waals surface area contributed by atoms with Crippen LogP contribution in [-0.2, 0) is 4.79 Å². The minimum atomic E-state index is -0.275. The molecule has 0 aliphatic heterocycles. The fourth-order valence-corrected chi connectivity index (χ4v) is 2.34. The van der Waals surface area contributed by atoms with Crippen LogP contribution < -0.4 is 15.4 Å². The van der Waals surface area contributed by atoms with Crippen LogP contribution in [0.15, 0.2) is 29.3 Å². The Balaban J connectivity index is 2.29. The molecule has 1 aromatic carbocycles. The molecule has 0 fully saturated rings. The van der Waals surface area contributed by atoms with E-state index < -0.39 is 0 Å². The highest BCUT2D eigenvalue weighted by molar-refractivity contribution is 5.81. The summed E-state index contributed by atoms with van der Waals surface area (Å²) in [6.07, 6.45) is 1.19. The predicted molar refractivity (Wildman–Crippen MR) is 103 cm³/mol. The molecule has 1 amide bonds. The minimum absolute atomic E-state index is 0.144. The van der Waals surface area contributed by atoms with Gasteiger partial charge in [0, 0.05) is 45.6 Å². The molecule has 6 nitrogen and oxygen atoms in total. The number of nitrogens with one attached hydrogen (secondary N) is 2. The van der Waals surface area contributed by atoms with Gasteiger partial charge in [-0.3, -0.25) is 9.79 Å². The lowest BCUT2D eigenvalue weighted by atomic mass is 10.3. The number of nitrogens with zero attached hydrogens (tertiary/aromatic N) is 2. The number of amides is 1. The number of benzene rings is 1. The molecular weight excluding hydrogens is 335 g/mol. The molecule has 0 aliphatic carbocycles. The molecule has 0 radical (unpaired) electrons. The number of rotatable bonds is 11. The summed E-state index contributed by atoms with van der Waals surface area (Å²) in [5, 5.41) is 6.34. The first kappa shape index (κ1) is 21.7. The molecule has 1 aromatic rings. The summed E-state index contributed by atoms with van der Waals surface area (Å²) in [5.74, 6) is 1.21. The number of guanidine groups is 1. The third kappa shape index (κ3) is 8.69. The number of halogens is 1. The summed E-state index contributed by atoms with van der Waals surface area (Å²) >= 11 is 0. The SMILES string of the molecule is CCNC(=NCCCOc1ccc(F)cc1)NCCC(=O)N(CC)CC. The van der Waals surface area contributed by atoms with Crippen LogP contribution in [-0.4, -0.2) is 56.1 Å². The van der Waals surface area contributed by atoms with E-state index in [1.807, 2.05) is 25.7 Å². The molecule has 7 heteroatoms. The zero-order chi connectivity index (χ0) is 19.2. The van der Waals surface area contributed by atoms with E-state index in [0.717, 1.165) is 26.1 Å². The zero-order valence-electron chi connectivity index (χ0n) is 16.1. The minimum Gasteiger partial charge on any atom is -0.494 e. The Bertz CT molecular complexity index is 545. The van der Waals surface area contributed by atoms with Crippen molar-refractivity contribution in [3.05, 3.63) is 30.1 Å². The zero-order valence-corrected chi connectivity index (χ0v) is 16.1. The first-order chi connectivity index (χ1) is 12.6. The van der Waals surface area contributed by atoms with Crippen molar-refractivity contribution < 1.29 is 13.9 Å². The van der Waals surface area contributed by atoms with Crippen LogP contribution in [0.25, 0.3) is 0 Å². The molecule has 0 atom stereocenters. The quantitative estimate of drug-likeness (QED) is 0.359. The van der Waals surface area contributed by atoms with E-state index in [0.29, 0.717) is 37.8 Å². The normalized spacial score (nSPS) is 11.2. The van der Waals surface area contributed by atoms with Gasteiger partial charge in [-0.1, -0.05) is 0 Å². The number of ether oxygens (including phenoxy) is 1. The van der Waals surface area contributed by atoms with E-state index in [1.54, 1.807) is 12.1 Å². The summed E-state index contributed by atoms with van der Waals surface area (Å²) in [6.45, 7) is 9.83. The fraction of sp³-hybridized carbons (Fsp3) is 0.579. The molecule has 0 spiro atoms. The molecule has 0 saturated heterocycles. The van der Waals surface area contributed by atoms with Gasteiger partial charge in [0.25, 0.3) is 0 Å². The van der Waals surface area contributed by atoms with Crippen molar-refractivity contribution in [2.45, 2.75) is 33.6 Å². The van der Waals surface area contributed by atoms with Crippen LogP contribution in [0.5, 0.6) is 5.75 Å². The molecule has 0 saturated carbocycles. The second-order valence-corrected chi connectivity index (χ2v) is 5.66. The van der Waals surface area contributed by atoms with Crippen LogP contribution in [0.2, 0.25) is 0 Å². The van der Waals surface area contributed by atoms with Crippen molar-refractivity contribution in [1.82, 2.24) is 15.5 Å². The second kappa shape index (κ2) is 13.0. The Morgan fingerprint density at radius 1 is 1.15 bits per heavy atom. The standard InChI is InChI=1S/C19H31FN4O2/c1-4-21-19(23-14-12-18(25)24(5-2)6-3)22-13-7-15-26-17-10-8-16(20)9-11-17/h8-11H,4-7,12-15H2,1-3H3,(H2,21,22,23). The number of hydrogen-bond acceptors (Lipinski definition) is 3. The topological polar surface area (TPSA) is 66.0 Å². The van der Waals surface area contributed by atoms with E-state index >= 15 is 0 Å². The van der Waals surface area contributed by atoms with Gasteiger partial charge in [0.05, 0.1) is 6.61 Å². The van der Waals surface area contributed by atoms with Gasteiger partial charge in [0.15, 0.2) is 5.96 Å². The average Bonchev–Trinajstić information content (AvgIpc) is 2.64. The fourth-order valence-electron chi connectivity index (χ4n) is 2.34. The van der Waals surface area contributed by atoms with Gasteiger partial charge < -0.3 is 20.3 Å². The molecule has 1 rings (SSSR count). The number of hydrogen-bond donors (Lipinski definition) is 2. The van der Waals surface area contributed by atoms with Crippen molar-refractivity contribution in [3.8, 4) is 5.75 Å². The summed E-state index contributed by atoms with van der Waals surface area (Å²) in [7, 11) is 0. The van der Waals surface area contributed by atoms with E-state index in [4.69, 9.17) is 4.74 Å². The van der Waals surface area contributed by atoms with Gasteiger partial charge in [0.2, 0.25) is 5.91 Å². The van der Waals surface area contributed by atoms with Crippen molar-refractivity contribution in [2.24, 2.45) is 4.99 Å². The molecule has 26 heavy (non-hydrogen) atoms. The molecule has 2 N–H and O–H groups in total. The monoisotopic (exact) mass is 366 g/mol. The lowest BCUT2D eigenvalue weighted by Crippen LogP contribution is -2.40. The highest BCUT2D eigenvalue weighted by Gasteiger charge is 2.09. The molecular formula is C19H31FN4O2. The second-order valence-electron chi connectivity index (χ2n) is 5.66. The Morgan fingerprint density at radius 3 is 2.46 bits per heavy atom. The Hall–Kier alpha value is -2.31. The Kier molecular flexibility index (Phi) is 10.8. The maximum atomic E-state index is 12.8. The summed E-state index contributed by atoms with van der Waals surface area (Å²) in [5.41, 5.74) is 0. The average molecular weight is 366 g/mol. The van der Waals surface area contributed by atoms with Crippen molar-refractivity contribution in [2.75, 3.05) is 39.3 Å². The molecule has 146 valence electrons. The third-order valence-electron chi connectivity index (χ3n) is 3.75.